The highest BCUT2D eigenvalue weighted by Gasteiger charge is 2.77. The van der Waals surface area contributed by atoms with E-state index < -0.39 is 12.2 Å². The molecule has 170 valence electrons. The van der Waals surface area contributed by atoms with Gasteiger partial charge in [-0.3, -0.25) is 4.79 Å². The van der Waals surface area contributed by atoms with Crippen LogP contribution in [0.1, 0.15) is 92.4 Å². The fourth-order valence-corrected chi connectivity index (χ4v) is 10.1. The van der Waals surface area contributed by atoms with Crippen molar-refractivity contribution in [3.8, 4) is 0 Å². The molecule has 2 N–H and O–H groups in total. The quantitative estimate of drug-likeness (QED) is 0.645. The Bertz CT molecular complexity index is 717. The second-order valence-corrected chi connectivity index (χ2v) is 13.1. The van der Waals surface area contributed by atoms with Gasteiger partial charge in [-0.1, -0.05) is 34.6 Å². The second kappa shape index (κ2) is 6.80. The Morgan fingerprint density at radius 2 is 1.73 bits per heavy atom. The van der Waals surface area contributed by atoms with Crippen LogP contribution < -0.4 is 0 Å². The molecule has 0 bridgehead atoms. The maximum atomic E-state index is 13.4. The Morgan fingerprint density at radius 3 is 2.40 bits per heavy atom. The monoisotopic (exact) mass is 416 g/mol. The van der Waals surface area contributed by atoms with Gasteiger partial charge >= 0.3 is 0 Å². The summed E-state index contributed by atoms with van der Waals surface area (Å²) in [5.74, 6) is 4.19. The standard InChI is InChI=1S/C27H44O3/c1-15(2)12-22(28)24(30)16(3)19-6-7-20-18-13-23(29)27-14-17(27)8-11-26(27,5)21(18)9-10-25(19,20)4/h15-22,24,28,30H,6-14H2,1-5H3/t16-,17+,18-,19+,20-,21-,22+,24+,25+,26+,27-/m0/s1. The van der Waals surface area contributed by atoms with Crippen LogP contribution in [0.15, 0.2) is 0 Å². The van der Waals surface area contributed by atoms with Gasteiger partial charge in [0, 0.05) is 11.8 Å². The van der Waals surface area contributed by atoms with Gasteiger partial charge in [0.15, 0.2) is 0 Å². The molecule has 3 nitrogen and oxygen atoms in total. The Labute approximate surface area is 183 Å². The molecule has 0 aromatic carbocycles. The molecular weight excluding hydrogens is 372 g/mol. The van der Waals surface area contributed by atoms with Crippen molar-refractivity contribution in [2.75, 3.05) is 0 Å². The zero-order valence-electron chi connectivity index (χ0n) is 19.9. The van der Waals surface area contributed by atoms with E-state index in [4.69, 9.17) is 0 Å². The van der Waals surface area contributed by atoms with E-state index in [9.17, 15) is 15.0 Å². The Balaban J connectivity index is 1.37. The van der Waals surface area contributed by atoms with E-state index in [1.165, 1.54) is 38.5 Å². The molecule has 0 saturated heterocycles. The highest BCUT2D eigenvalue weighted by molar-refractivity contribution is 5.91. The van der Waals surface area contributed by atoms with E-state index in [2.05, 4.69) is 34.6 Å². The first-order valence-electron chi connectivity index (χ1n) is 13.0. The van der Waals surface area contributed by atoms with Crippen LogP contribution in [-0.4, -0.2) is 28.2 Å². The molecule has 0 aromatic rings. The minimum atomic E-state index is -0.637. The second-order valence-electron chi connectivity index (χ2n) is 13.1. The first-order valence-corrected chi connectivity index (χ1v) is 13.0. The zero-order valence-corrected chi connectivity index (χ0v) is 19.9. The Morgan fingerprint density at radius 1 is 1.00 bits per heavy atom. The highest BCUT2D eigenvalue weighted by atomic mass is 16.3. The van der Waals surface area contributed by atoms with Gasteiger partial charge in [-0.2, -0.15) is 0 Å². The van der Waals surface area contributed by atoms with Gasteiger partial charge < -0.3 is 10.2 Å². The molecular formula is C27H44O3. The molecule has 5 aliphatic carbocycles. The van der Waals surface area contributed by atoms with Crippen LogP contribution in [0.2, 0.25) is 0 Å². The van der Waals surface area contributed by atoms with Gasteiger partial charge in [-0.25, -0.2) is 0 Å². The third-order valence-electron chi connectivity index (χ3n) is 11.7. The van der Waals surface area contributed by atoms with Crippen LogP contribution >= 0.6 is 0 Å². The lowest BCUT2D eigenvalue weighted by Crippen LogP contribution is -2.55. The minimum absolute atomic E-state index is 0.0738. The molecule has 0 heterocycles. The number of aliphatic hydroxyl groups excluding tert-OH is 2. The lowest BCUT2D eigenvalue weighted by Gasteiger charge is -2.58. The lowest BCUT2D eigenvalue weighted by atomic mass is 9.45. The molecule has 11 atom stereocenters. The van der Waals surface area contributed by atoms with Crippen LogP contribution in [-0.2, 0) is 4.79 Å². The first-order chi connectivity index (χ1) is 14.1. The van der Waals surface area contributed by atoms with Crippen LogP contribution in [0.4, 0.5) is 0 Å². The summed E-state index contributed by atoms with van der Waals surface area (Å²) in [6.45, 7) is 11.3. The largest absolute Gasteiger partial charge is 0.390 e. The summed E-state index contributed by atoms with van der Waals surface area (Å²) >= 11 is 0. The Hall–Kier alpha value is -0.410. The molecule has 5 saturated carbocycles. The minimum Gasteiger partial charge on any atom is -0.390 e. The van der Waals surface area contributed by atoms with Crippen molar-refractivity contribution in [1.82, 2.24) is 0 Å². The van der Waals surface area contributed by atoms with Gasteiger partial charge in [0.2, 0.25) is 0 Å². The van der Waals surface area contributed by atoms with Crippen molar-refractivity contribution in [2.24, 2.45) is 57.7 Å². The molecule has 30 heavy (non-hydrogen) atoms. The number of carbonyl (C=O) groups excluding carboxylic acids is 1. The van der Waals surface area contributed by atoms with E-state index >= 15 is 0 Å². The molecule has 5 rings (SSSR count). The summed E-state index contributed by atoms with van der Waals surface area (Å²) in [6, 6.07) is 0. The summed E-state index contributed by atoms with van der Waals surface area (Å²) in [5.41, 5.74) is 0.543. The Kier molecular flexibility index (Phi) is 4.86. The topological polar surface area (TPSA) is 57.5 Å². The van der Waals surface area contributed by atoms with Gasteiger partial charge in [0.1, 0.15) is 5.78 Å². The third kappa shape index (κ3) is 2.60. The molecule has 0 radical (unpaired) electrons. The van der Waals surface area contributed by atoms with E-state index in [1.807, 2.05) is 0 Å². The number of hydrogen-bond acceptors (Lipinski definition) is 3. The van der Waals surface area contributed by atoms with E-state index in [1.54, 1.807) is 0 Å². The summed E-state index contributed by atoms with van der Waals surface area (Å²) in [4.78, 5) is 13.4. The molecule has 3 heteroatoms. The smallest absolute Gasteiger partial charge is 0.140 e. The summed E-state index contributed by atoms with van der Waals surface area (Å²) in [7, 11) is 0. The number of carbonyl (C=O) groups is 1. The molecule has 5 fully saturated rings. The number of ketones is 1. The van der Waals surface area contributed by atoms with E-state index in [-0.39, 0.29) is 22.2 Å². The van der Waals surface area contributed by atoms with Crippen molar-refractivity contribution in [1.29, 1.82) is 0 Å². The number of aliphatic hydroxyl groups is 2. The summed E-state index contributed by atoms with van der Waals surface area (Å²) in [6.07, 6.45) is 8.84. The molecule has 1 spiro atoms. The molecule has 0 unspecified atom stereocenters. The number of rotatable bonds is 5. The third-order valence-corrected chi connectivity index (χ3v) is 11.7. The normalized spacial score (nSPS) is 52.3. The van der Waals surface area contributed by atoms with Crippen LogP contribution in [0.25, 0.3) is 0 Å². The van der Waals surface area contributed by atoms with Crippen molar-refractivity contribution >= 4 is 5.78 Å². The average molecular weight is 417 g/mol. The van der Waals surface area contributed by atoms with Crippen LogP contribution in [0.3, 0.4) is 0 Å². The molecule has 0 amide bonds. The zero-order chi connectivity index (χ0) is 21.6. The lowest BCUT2D eigenvalue weighted by molar-refractivity contribution is -0.153. The van der Waals surface area contributed by atoms with Gasteiger partial charge in [-0.05, 0) is 104 Å². The number of Topliss-reactive ketones (excluding diaryl/α,β-unsaturated/α-hetero) is 1. The van der Waals surface area contributed by atoms with Crippen molar-refractivity contribution in [3.63, 3.8) is 0 Å². The maximum absolute atomic E-state index is 13.4. The molecule has 0 aliphatic heterocycles. The number of hydrogen-bond donors (Lipinski definition) is 2. The maximum Gasteiger partial charge on any atom is 0.140 e. The molecule has 0 aromatic heterocycles. The SMILES string of the molecule is CC(C)C[C@@H](O)[C@H](O)[C@@H](C)[C@H]1CC[C@H]2[C@@H]3CC(=O)[C@]45C[C@H]4CC[C@]5(C)[C@H]3CC[C@]12C. The van der Waals surface area contributed by atoms with Crippen molar-refractivity contribution in [2.45, 2.75) is 105 Å². The van der Waals surface area contributed by atoms with E-state index in [0.717, 1.165) is 18.8 Å². The molecule has 5 aliphatic rings. The highest BCUT2D eigenvalue weighted by Crippen LogP contribution is 2.80. The van der Waals surface area contributed by atoms with Crippen molar-refractivity contribution < 1.29 is 15.0 Å². The average Bonchev–Trinajstić information content (AvgIpc) is 3.21. The first kappa shape index (κ1) is 21.4. The van der Waals surface area contributed by atoms with Gasteiger partial charge in [0.25, 0.3) is 0 Å². The van der Waals surface area contributed by atoms with Gasteiger partial charge in [0.05, 0.1) is 12.2 Å². The predicted molar refractivity (Wildman–Crippen MR) is 119 cm³/mol. The summed E-state index contributed by atoms with van der Waals surface area (Å²) < 4.78 is 0. The number of fused-ring (bicyclic) bond motifs is 4. The van der Waals surface area contributed by atoms with Crippen LogP contribution in [0, 0.1) is 57.7 Å². The van der Waals surface area contributed by atoms with E-state index in [0.29, 0.717) is 41.8 Å². The van der Waals surface area contributed by atoms with Gasteiger partial charge in [-0.15, -0.1) is 0 Å². The fraction of sp³-hybridized carbons (Fsp3) is 0.963. The van der Waals surface area contributed by atoms with Crippen LogP contribution in [0.5, 0.6) is 0 Å². The fourth-order valence-electron chi connectivity index (χ4n) is 10.1. The summed E-state index contributed by atoms with van der Waals surface area (Å²) in [5, 5.41) is 21.6. The van der Waals surface area contributed by atoms with Crippen molar-refractivity contribution in [3.05, 3.63) is 0 Å². The predicted octanol–water partition coefficient (Wildman–Crippen LogP) is 5.23.